The summed E-state index contributed by atoms with van der Waals surface area (Å²) in [5, 5.41) is 26.5. The van der Waals surface area contributed by atoms with E-state index in [2.05, 4.69) is 10.5 Å². The van der Waals surface area contributed by atoms with Crippen LogP contribution in [-0.4, -0.2) is 15.6 Å². The van der Waals surface area contributed by atoms with Crippen molar-refractivity contribution in [2.45, 2.75) is 51.4 Å². The number of nitrogens with zero attached hydrogens (tertiary/aromatic N) is 3. The Bertz CT molecular complexity index is 794. The summed E-state index contributed by atoms with van der Waals surface area (Å²) in [5.41, 5.74) is 3.43. The summed E-state index contributed by atoms with van der Waals surface area (Å²) in [5.74, 6) is 3.33. The molecular weight excluding hydrogens is 348 g/mol. The van der Waals surface area contributed by atoms with Crippen molar-refractivity contribution in [2.24, 2.45) is 28.8 Å². The highest BCUT2D eigenvalue weighted by Gasteiger charge is 2.43. The molecule has 1 aromatic carbocycles. The molecule has 8 nitrogen and oxygen atoms in total. The van der Waals surface area contributed by atoms with Crippen LogP contribution in [0.25, 0.3) is 0 Å². The van der Waals surface area contributed by atoms with Gasteiger partial charge in [-0.1, -0.05) is 6.42 Å². The van der Waals surface area contributed by atoms with Crippen LogP contribution >= 0.6 is 0 Å². The molecule has 2 bridgehead atoms. The molecule has 0 saturated heterocycles. The van der Waals surface area contributed by atoms with Crippen LogP contribution < -0.4 is 5.43 Å². The number of nitro benzene ring substituents is 2. The highest BCUT2D eigenvalue weighted by atomic mass is 16.6. The third kappa shape index (κ3) is 3.65. The maximum Gasteiger partial charge on any atom is 0.301 e. The quantitative estimate of drug-likeness (QED) is 0.584. The lowest BCUT2D eigenvalue weighted by atomic mass is 9.72. The second-order valence-corrected chi connectivity index (χ2v) is 8.20. The summed E-state index contributed by atoms with van der Waals surface area (Å²) < 4.78 is 0. The summed E-state index contributed by atoms with van der Waals surface area (Å²) in [7, 11) is 0. The van der Waals surface area contributed by atoms with Gasteiger partial charge in [0, 0.05) is 11.8 Å². The van der Waals surface area contributed by atoms with E-state index in [9.17, 15) is 20.2 Å². The maximum atomic E-state index is 11.2. The molecule has 3 aliphatic carbocycles. The van der Waals surface area contributed by atoms with Crippen LogP contribution in [0.1, 0.15) is 51.4 Å². The molecule has 0 unspecified atom stereocenters. The molecule has 0 aliphatic heterocycles. The minimum Gasteiger partial charge on any atom is -0.272 e. The number of nitro groups is 2. The van der Waals surface area contributed by atoms with Crippen molar-refractivity contribution in [3.8, 4) is 0 Å². The van der Waals surface area contributed by atoms with Gasteiger partial charge in [0.05, 0.1) is 15.9 Å². The first-order valence-electron chi connectivity index (χ1n) is 9.75. The van der Waals surface area contributed by atoms with Crippen molar-refractivity contribution in [3.63, 3.8) is 0 Å². The number of rotatable bonds is 5. The van der Waals surface area contributed by atoms with E-state index in [1.54, 1.807) is 0 Å². The van der Waals surface area contributed by atoms with Gasteiger partial charge in [0.25, 0.3) is 5.69 Å². The number of hydrogen-bond acceptors (Lipinski definition) is 6. The van der Waals surface area contributed by atoms with Crippen LogP contribution in [-0.2, 0) is 0 Å². The summed E-state index contributed by atoms with van der Waals surface area (Å²) >= 11 is 0. The molecule has 0 amide bonds. The zero-order chi connectivity index (χ0) is 19.0. The minimum absolute atomic E-state index is 0.195. The van der Waals surface area contributed by atoms with Crippen LogP contribution in [0.3, 0.4) is 0 Å². The maximum absolute atomic E-state index is 11.2. The van der Waals surface area contributed by atoms with Gasteiger partial charge in [0.2, 0.25) is 0 Å². The molecule has 0 radical (unpaired) electrons. The third-order valence-electron chi connectivity index (χ3n) is 6.66. The van der Waals surface area contributed by atoms with Gasteiger partial charge in [-0.3, -0.25) is 25.7 Å². The molecule has 144 valence electrons. The zero-order valence-electron chi connectivity index (χ0n) is 15.2. The second-order valence-electron chi connectivity index (χ2n) is 8.20. The van der Waals surface area contributed by atoms with E-state index in [1.165, 1.54) is 44.2 Å². The van der Waals surface area contributed by atoms with Crippen molar-refractivity contribution >= 4 is 22.8 Å². The molecule has 3 fully saturated rings. The molecule has 3 saturated carbocycles. The summed E-state index contributed by atoms with van der Waals surface area (Å²) in [4.78, 5) is 20.8. The standard InChI is InChI=1S/C19H24N4O4/c24-22(25)16-6-7-18(19(11-16)23(26)27)21-20-15-3-1-2-13(10-15)17-9-12-4-5-14(17)8-12/h6-7,11-14,17,21H,1-5,8-10H2/b20-15+/t12-,13+,14-,17+/m1/s1. The van der Waals surface area contributed by atoms with E-state index < -0.39 is 9.85 Å². The summed E-state index contributed by atoms with van der Waals surface area (Å²) in [6.45, 7) is 0. The lowest BCUT2D eigenvalue weighted by Gasteiger charge is -2.33. The monoisotopic (exact) mass is 372 g/mol. The van der Waals surface area contributed by atoms with E-state index in [0.717, 1.165) is 48.8 Å². The SMILES string of the molecule is O=[N+]([O-])c1ccc(N/N=C2\CCC[C@H]([C@@H]3C[C@@H]4CC[C@@H]3C4)C2)c([N+](=O)[O-])c1. The molecule has 4 rings (SSSR count). The molecule has 1 aromatic rings. The van der Waals surface area contributed by atoms with Crippen LogP contribution in [0.4, 0.5) is 17.1 Å². The molecule has 1 N–H and O–H groups in total. The Morgan fingerprint density at radius 2 is 1.89 bits per heavy atom. The van der Waals surface area contributed by atoms with Gasteiger partial charge >= 0.3 is 5.69 Å². The summed E-state index contributed by atoms with van der Waals surface area (Å²) in [6.07, 6.45) is 9.79. The van der Waals surface area contributed by atoms with Crippen molar-refractivity contribution in [1.29, 1.82) is 0 Å². The predicted molar refractivity (Wildman–Crippen MR) is 102 cm³/mol. The molecule has 0 spiro atoms. The average molecular weight is 372 g/mol. The molecule has 4 atom stereocenters. The number of hydrogen-bond donors (Lipinski definition) is 1. The topological polar surface area (TPSA) is 111 Å². The van der Waals surface area contributed by atoms with E-state index >= 15 is 0 Å². The number of anilines is 1. The fourth-order valence-electron chi connectivity index (χ4n) is 5.43. The molecule has 0 heterocycles. The van der Waals surface area contributed by atoms with Gasteiger partial charge in [-0.15, -0.1) is 0 Å². The lowest BCUT2D eigenvalue weighted by molar-refractivity contribution is -0.393. The minimum atomic E-state index is -0.635. The number of non-ortho nitro benzene ring substituents is 1. The Balaban J connectivity index is 1.46. The third-order valence-corrected chi connectivity index (χ3v) is 6.66. The molecule has 0 aromatic heterocycles. The normalized spacial score (nSPS) is 31.2. The number of nitrogens with one attached hydrogen (secondary N) is 1. The van der Waals surface area contributed by atoms with Crippen LogP contribution in [0, 0.1) is 43.9 Å². The Morgan fingerprint density at radius 3 is 2.56 bits per heavy atom. The van der Waals surface area contributed by atoms with Crippen LogP contribution in [0.2, 0.25) is 0 Å². The summed E-state index contributed by atoms with van der Waals surface area (Å²) in [6, 6.07) is 3.59. The first kappa shape index (κ1) is 17.9. The van der Waals surface area contributed by atoms with Crippen LogP contribution in [0.5, 0.6) is 0 Å². The second kappa shape index (κ2) is 7.25. The lowest BCUT2D eigenvalue weighted by Crippen LogP contribution is -2.27. The molecular formula is C19H24N4O4. The van der Waals surface area contributed by atoms with Gasteiger partial charge in [0.1, 0.15) is 5.69 Å². The molecule has 3 aliphatic rings. The van der Waals surface area contributed by atoms with Crippen LogP contribution in [0.15, 0.2) is 23.3 Å². The van der Waals surface area contributed by atoms with E-state index in [1.807, 2.05) is 0 Å². The zero-order valence-corrected chi connectivity index (χ0v) is 15.2. The van der Waals surface area contributed by atoms with Gasteiger partial charge in [-0.25, -0.2) is 0 Å². The van der Waals surface area contributed by atoms with Gasteiger partial charge in [-0.2, -0.15) is 5.10 Å². The van der Waals surface area contributed by atoms with Crippen molar-refractivity contribution < 1.29 is 9.85 Å². The fraction of sp³-hybridized carbons (Fsp3) is 0.632. The Kier molecular flexibility index (Phi) is 4.80. The number of benzene rings is 1. The van der Waals surface area contributed by atoms with Gasteiger partial charge in [-0.05, 0) is 74.7 Å². The van der Waals surface area contributed by atoms with E-state index in [0.29, 0.717) is 5.92 Å². The van der Waals surface area contributed by atoms with Crippen molar-refractivity contribution in [3.05, 3.63) is 38.4 Å². The van der Waals surface area contributed by atoms with Gasteiger partial charge in [0.15, 0.2) is 0 Å². The number of hydrazone groups is 1. The Hall–Kier alpha value is -2.51. The smallest absolute Gasteiger partial charge is 0.272 e. The molecule has 27 heavy (non-hydrogen) atoms. The number of fused-ring (bicyclic) bond motifs is 2. The van der Waals surface area contributed by atoms with E-state index in [4.69, 9.17) is 0 Å². The fourth-order valence-corrected chi connectivity index (χ4v) is 5.43. The van der Waals surface area contributed by atoms with Crippen molar-refractivity contribution in [1.82, 2.24) is 0 Å². The highest BCUT2D eigenvalue weighted by Crippen LogP contribution is 2.53. The average Bonchev–Trinajstić information content (AvgIpc) is 3.30. The van der Waals surface area contributed by atoms with Crippen molar-refractivity contribution in [2.75, 3.05) is 5.43 Å². The predicted octanol–water partition coefficient (Wildman–Crippen LogP) is 4.90. The van der Waals surface area contributed by atoms with Gasteiger partial charge < -0.3 is 0 Å². The Morgan fingerprint density at radius 1 is 1.04 bits per heavy atom. The van der Waals surface area contributed by atoms with E-state index in [-0.39, 0.29) is 17.1 Å². The highest BCUT2D eigenvalue weighted by molar-refractivity contribution is 5.86. The first-order chi connectivity index (χ1) is 13.0. The Labute approximate surface area is 157 Å². The largest absolute Gasteiger partial charge is 0.301 e. The molecule has 8 heteroatoms. The first-order valence-corrected chi connectivity index (χ1v) is 9.75.